The Morgan fingerprint density at radius 2 is 1.85 bits per heavy atom. The summed E-state index contributed by atoms with van der Waals surface area (Å²) < 4.78 is 10.5. The molecule has 2 saturated carbocycles. The van der Waals surface area contributed by atoms with E-state index in [9.17, 15) is 9.59 Å². The van der Waals surface area contributed by atoms with Gasteiger partial charge in [-0.05, 0) is 68.2 Å². The summed E-state index contributed by atoms with van der Waals surface area (Å²) in [6.45, 7) is 2.13. The van der Waals surface area contributed by atoms with Crippen LogP contribution in [0.1, 0.15) is 43.0 Å². The Labute approximate surface area is 199 Å². The fraction of sp³-hybridized carbons (Fsp3) is 0.462. The molecule has 0 unspecified atom stereocenters. The summed E-state index contributed by atoms with van der Waals surface area (Å²) >= 11 is 1.36. The molecule has 2 aliphatic carbocycles. The Balaban J connectivity index is 1.34. The van der Waals surface area contributed by atoms with Crippen LogP contribution in [0.4, 0.5) is 5.69 Å². The lowest BCUT2D eigenvalue weighted by atomic mass is 9.84. The van der Waals surface area contributed by atoms with Crippen molar-refractivity contribution < 1.29 is 19.1 Å². The van der Waals surface area contributed by atoms with Gasteiger partial charge in [0.25, 0.3) is 5.91 Å². The molecule has 0 heterocycles. The van der Waals surface area contributed by atoms with Crippen LogP contribution in [0, 0.1) is 17.8 Å². The Hall–Kier alpha value is -2.67. The minimum Gasteiger partial charge on any atom is -0.493 e. The normalized spacial score (nSPS) is 22.0. The van der Waals surface area contributed by atoms with Crippen LogP contribution in [0.25, 0.3) is 0 Å². The minimum absolute atomic E-state index is 0.0614. The largest absolute Gasteiger partial charge is 0.493 e. The Bertz CT molecular complexity index is 1010. The number of ether oxygens (including phenoxy) is 2. The summed E-state index contributed by atoms with van der Waals surface area (Å²) in [5, 5.41) is 6.11. The van der Waals surface area contributed by atoms with Crippen molar-refractivity contribution in [2.24, 2.45) is 17.8 Å². The number of benzene rings is 2. The zero-order valence-corrected chi connectivity index (χ0v) is 20.2. The van der Waals surface area contributed by atoms with Crippen LogP contribution in [0.15, 0.2) is 47.4 Å². The summed E-state index contributed by atoms with van der Waals surface area (Å²) in [5.74, 6) is 3.33. The van der Waals surface area contributed by atoms with Crippen LogP contribution < -0.4 is 20.1 Å². The van der Waals surface area contributed by atoms with Crippen LogP contribution in [-0.4, -0.2) is 37.8 Å². The molecular weight excluding hydrogens is 436 g/mol. The van der Waals surface area contributed by atoms with Gasteiger partial charge in [-0.1, -0.05) is 18.6 Å². The van der Waals surface area contributed by atoms with Crippen molar-refractivity contribution in [1.82, 2.24) is 5.32 Å². The second-order valence-corrected chi connectivity index (χ2v) is 10.0. The number of rotatable bonds is 9. The molecule has 0 aliphatic heterocycles. The average molecular weight is 469 g/mol. The van der Waals surface area contributed by atoms with Crippen molar-refractivity contribution >= 4 is 29.3 Å². The lowest BCUT2D eigenvalue weighted by Gasteiger charge is -2.28. The minimum atomic E-state index is -0.155. The molecule has 0 spiro atoms. The summed E-state index contributed by atoms with van der Waals surface area (Å²) in [5.41, 5.74) is 1.25. The highest BCUT2D eigenvalue weighted by Gasteiger charge is 2.42. The first-order valence-electron chi connectivity index (χ1n) is 11.5. The molecular formula is C26H32N2O4S. The molecule has 2 aliphatic rings. The van der Waals surface area contributed by atoms with Crippen LogP contribution in [0.3, 0.4) is 0 Å². The second-order valence-electron chi connectivity index (χ2n) is 9.00. The number of nitrogens with one attached hydrogen (secondary N) is 2. The number of amides is 2. The summed E-state index contributed by atoms with van der Waals surface area (Å²) in [7, 11) is 3.12. The van der Waals surface area contributed by atoms with E-state index < -0.39 is 0 Å². The number of methoxy groups -OCH3 is 2. The zero-order chi connectivity index (χ0) is 23.4. The van der Waals surface area contributed by atoms with Gasteiger partial charge < -0.3 is 20.1 Å². The van der Waals surface area contributed by atoms with Gasteiger partial charge in [0.05, 0.1) is 25.5 Å². The Morgan fingerprint density at radius 3 is 2.55 bits per heavy atom. The molecule has 0 saturated heterocycles. The fourth-order valence-corrected chi connectivity index (χ4v) is 6.18. The van der Waals surface area contributed by atoms with Crippen LogP contribution >= 0.6 is 11.8 Å². The second kappa shape index (κ2) is 10.5. The number of fused-ring (bicyclic) bond motifs is 2. The zero-order valence-electron chi connectivity index (χ0n) is 19.4. The van der Waals surface area contributed by atoms with Gasteiger partial charge >= 0.3 is 0 Å². The van der Waals surface area contributed by atoms with E-state index in [1.165, 1.54) is 37.4 Å². The van der Waals surface area contributed by atoms with Crippen molar-refractivity contribution in [2.75, 3.05) is 25.3 Å². The van der Waals surface area contributed by atoms with Gasteiger partial charge in [0.1, 0.15) is 0 Å². The highest BCUT2D eigenvalue weighted by atomic mass is 32.2. The maximum atomic E-state index is 13.1. The third-order valence-electron chi connectivity index (χ3n) is 6.95. The van der Waals surface area contributed by atoms with Gasteiger partial charge in [-0.25, -0.2) is 0 Å². The lowest BCUT2D eigenvalue weighted by molar-refractivity contribution is -0.113. The van der Waals surface area contributed by atoms with E-state index in [-0.39, 0.29) is 23.6 Å². The maximum Gasteiger partial charge on any atom is 0.252 e. The number of hydrogen-bond donors (Lipinski definition) is 2. The smallest absolute Gasteiger partial charge is 0.252 e. The molecule has 4 atom stereocenters. The number of hydrogen-bond acceptors (Lipinski definition) is 5. The van der Waals surface area contributed by atoms with E-state index in [2.05, 4.69) is 17.6 Å². The van der Waals surface area contributed by atoms with Crippen LogP contribution in [-0.2, 0) is 4.79 Å². The van der Waals surface area contributed by atoms with Gasteiger partial charge in [-0.3, -0.25) is 9.59 Å². The van der Waals surface area contributed by atoms with Gasteiger partial charge in [0, 0.05) is 22.7 Å². The SMILES string of the molecule is COc1ccc(NC(=O)CSc2ccccc2C(=O)N[C@@H](C)[C@@H]2C[C@H]3CC[C@H]2C3)cc1OC. The van der Waals surface area contributed by atoms with Crippen molar-refractivity contribution in [2.45, 2.75) is 43.5 Å². The van der Waals surface area contributed by atoms with E-state index in [0.29, 0.717) is 28.7 Å². The highest BCUT2D eigenvalue weighted by molar-refractivity contribution is 8.00. The standard InChI is InChI=1S/C26H32N2O4S/c1-16(21-13-17-8-9-18(21)12-17)27-26(30)20-6-4-5-7-24(20)33-15-25(29)28-19-10-11-22(31-2)23(14-19)32-3/h4-7,10-11,14,16-18,21H,8-9,12-13,15H2,1-3H3,(H,27,30)(H,28,29)/t16-,17-,18-,21-/m0/s1. The fourth-order valence-electron chi connectivity index (χ4n) is 5.33. The maximum absolute atomic E-state index is 13.1. The van der Waals surface area contributed by atoms with E-state index >= 15 is 0 Å². The molecule has 0 aromatic heterocycles. The quantitative estimate of drug-likeness (QED) is 0.507. The number of carbonyl (C=O) groups is 2. The molecule has 33 heavy (non-hydrogen) atoms. The Morgan fingerprint density at radius 1 is 1.06 bits per heavy atom. The average Bonchev–Trinajstić information content (AvgIpc) is 3.47. The molecule has 2 aromatic rings. The third kappa shape index (κ3) is 5.46. The summed E-state index contributed by atoms with van der Waals surface area (Å²) in [6, 6.07) is 12.9. The van der Waals surface area contributed by atoms with Crippen molar-refractivity contribution in [1.29, 1.82) is 0 Å². The number of thioether (sulfide) groups is 1. The van der Waals surface area contributed by atoms with Gasteiger partial charge in [0.15, 0.2) is 11.5 Å². The molecule has 0 radical (unpaired) electrons. The molecule has 2 fully saturated rings. The predicted octanol–water partition coefficient (Wildman–Crippen LogP) is 4.99. The molecule has 4 rings (SSSR count). The van der Waals surface area contributed by atoms with Crippen molar-refractivity contribution in [3.8, 4) is 11.5 Å². The summed E-state index contributed by atoms with van der Waals surface area (Å²) in [6.07, 6.45) is 5.22. The number of anilines is 1. The molecule has 2 aromatic carbocycles. The molecule has 2 N–H and O–H groups in total. The first kappa shape index (κ1) is 23.5. The summed E-state index contributed by atoms with van der Waals surface area (Å²) in [4.78, 5) is 26.4. The lowest BCUT2D eigenvalue weighted by Crippen LogP contribution is -2.40. The predicted molar refractivity (Wildman–Crippen MR) is 131 cm³/mol. The van der Waals surface area contributed by atoms with Gasteiger partial charge in [0.2, 0.25) is 5.91 Å². The van der Waals surface area contributed by atoms with E-state index in [4.69, 9.17) is 9.47 Å². The van der Waals surface area contributed by atoms with Crippen molar-refractivity contribution in [3.05, 3.63) is 48.0 Å². The van der Waals surface area contributed by atoms with Crippen LogP contribution in [0.5, 0.6) is 11.5 Å². The van der Waals surface area contributed by atoms with E-state index in [1.807, 2.05) is 24.3 Å². The van der Waals surface area contributed by atoms with E-state index in [1.54, 1.807) is 32.4 Å². The molecule has 176 valence electrons. The van der Waals surface area contributed by atoms with E-state index in [0.717, 1.165) is 16.7 Å². The molecule has 6 nitrogen and oxygen atoms in total. The first-order chi connectivity index (χ1) is 16.0. The molecule has 2 amide bonds. The highest BCUT2D eigenvalue weighted by Crippen LogP contribution is 2.49. The van der Waals surface area contributed by atoms with Gasteiger partial charge in [-0.2, -0.15) is 0 Å². The molecule has 2 bridgehead atoms. The Kier molecular flexibility index (Phi) is 7.48. The number of carbonyl (C=O) groups excluding carboxylic acids is 2. The first-order valence-corrected chi connectivity index (χ1v) is 12.5. The van der Waals surface area contributed by atoms with Gasteiger partial charge in [-0.15, -0.1) is 11.8 Å². The molecule has 7 heteroatoms. The topological polar surface area (TPSA) is 76.7 Å². The monoisotopic (exact) mass is 468 g/mol. The van der Waals surface area contributed by atoms with Crippen molar-refractivity contribution in [3.63, 3.8) is 0 Å². The third-order valence-corrected chi connectivity index (χ3v) is 8.03. The van der Waals surface area contributed by atoms with Crippen LogP contribution in [0.2, 0.25) is 0 Å².